The van der Waals surface area contributed by atoms with Crippen LogP contribution in [0.3, 0.4) is 0 Å². The van der Waals surface area contributed by atoms with Crippen molar-refractivity contribution in [1.29, 1.82) is 0 Å². The molecule has 1 rings (SSSR count). The zero-order valence-electron chi connectivity index (χ0n) is 13.0. The molecule has 0 spiro atoms. The summed E-state index contributed by atoms with van der Waals surface area (Å²) in [5.41, 5.74) is 0.567. The largest absolute Gasteiger partial charge is 0.353 e. The van der Waals surface area contributed by atoms with Crippen molar-refractivity contribution in [3.63, 3.8) is 0 Å². The van der Waals surface area contributed by atoms with E-state index in [1.807, 2.05) is 13.8 Å². The Bertz CT molecular complexity index is 538. The number of halogens is 2. The van der Waals surface area contributed by atoms with Crippen LogP contribution in [0.1, 0.15) is 20.3 Å². The molecule has 0 saturated carbocycles. The third-order valence-corrected chi connectivity index (χ3v) is 3.79. The lowest BCUT2D eigenvalue weighted by atomic mass is 10.2. The van der Waals surface area contributed by atoms with Crippen LogP contribution in [-0.4, -0.2) is 42.9 Å². The molecule has 122 valence electrons. The van der Waals surface area contributed by atoms with Gasteiger partial charge in [-0.15, -0.1) is 0 Å². The number of rotatable bonds is 7. The van der Waals surface area contributed by atoms with E-state index in [0.29, 0.717) is 15.7 Å². The third-order valence-electron chi connectivity index (χ3n) is 3.05. The van der Waals surface area contributed by atoms with E-state index in [2.05, 4.69) is 10.6 Å². The highest BCUT2D eigenvalue weighted by Gasteiger charge is 2.12. The molecule has 7 heteroatoms. The molecule has 1 atom stereocenters. The van der Waals surface area contributed by atoms with Gasteiger partial charge in [0.2, 0.25) is 11.8 Å². The van der Waals surface area contributed by atoms with Crippen molar-refractivity contribution in [3.05, 3.63) is 28.2 Å². The summed E-state index contributed by atoms with van der Waals surface area (Å²) in [5, 5.41) is 6.37. The van der Waals surface area contributed by atoms with Gasteiger partial charge < -0.3 is 10.6 Å². The lowest BCUT2D eigenvalue weighted by Crippen LogP contribution is -2.41. The Morgan fingerprint density at radius 1 is 1.18 bits per heavy atom. The number of nitrogens with zero attached hydrogens (tertiary/aromatic N) is 1. The van der Waals surface area contributed by atoms with Crippen molar-refractivity contribution in [2.24, 2.45) is 0 Å². The minimum Gasteiger partial charge on any atom is -0.353 e. The van der Waals surface area contributed by atoms with Crippen molar-refractivity contribution >= 4 is 40.7 Å². The first-order valence-corrected chi connectivity index (χ1v) is 7.80. The average molecular weight is 346 g/mol. The topological polar surface area (TPSA) is 61.4 Å². The summed E-state index contributed by atoms with van der Waals surface area (Å²) in [6.07, 6.45) is 0.868. The second-order valence-electron chi connectivity index (χ2n) is 5.23. The molecule has 1 aromatic carbocycles. The van der Waals surface area contributed by atoms with Crippen LogP contribution in [-0.2, 0) is 9.59 Å². The molecule has 0 aliphatic heterocycles. The van der Waals surface area contributed by atoms with Crippen LogP contribution >= 0.6 is 23.2 Å². The van der Waals surface area contributed by atoms with Crippen LogP contribution in [0.4, 0.5) is 5.69 Å². The number of anilines is 1. The first-order chi connectivity index (χ1) is 10.3. The molecule has 1 aromatic rings. The number of hydrogen-bond acceptors (Lipinski definition) is 3. The van der Waals surface area contributed by atoms with Gasteiger partial charge in [-0.25, -0.2) is 0 Å². The summed E-state index contributed by atoms with van der Waals surface area (Å²) in [7, 11) is 1.71. The van der Waals surface area contributed by atoms with Gasteiger partial charge in [0.1, 0.15) is 0 Å². The Balaban J connectivity index is 2.43. The molecule has 0 aliphatic carbocycles. The standard InChI is InChI=1S/C15H21Cl2N3O2/c1-4-10(2)18-14(21)8-20(3)9-15(22)19-11-5-6-12(16)13(17)7-11/h5-7,10H,4,8-9H2,1-3H3,(H,18,21)(H,19,22). The van der Waals surface area contributed by atoms with E-state index in [1.165, 1.54) is 0 Å². The SMILES string of the molecule is CCC(C)NC(=O)CN(C)CC(=O)Nc1ccc(Cl)c(Cl)c1. The highest BCUT2D eigenvalue weighted by Crippen LogP contribution is 2.24. The number of benzene rings is 1. The van der Waals surface area contributed by atoms with Gasteiger partial charge in [0.15, 0.2) is 0 Å². The van der Waals surface area contributed by atoms with Crippen LogP contribution in [0.5, 0.6) is 0 Å². The van der Waals surface area contributed by atoms with Crippen molar-refractivity contribution in [2.75, 3.05) is 25.5 Å². The lowest BCUT2D eigenvalue weighted by Gasteiger charge is -2.18. The zero-order chi connectivity index (χ0) is 16.7. The van der Waals surface area contributed by atoms with Gasteiger partial charge in [0, 0.05) is 11.7 Å². The number of amides is 2. The van der Waals surface area contributed by atoms with Crippen LogP contribution < -0.4 is 10.6 Å². The highest BCUT2D eigenvalue weighted by molar-refractivity contribution is 6.42. The summed E-state index contributed by atoms with van der Waals surface area (Å²) in [5.74, 6) is -0.323. The Hall–Kier alpha value is -1.30. The minimum atomic E-state index is -0.225. The summed E-state index contributed by atoms with van der Waals surface area (Å²) >= 11 is 11.7. The number of hydrogen-bond donors (Lipinski definition) is 2. The molecular weight excluding hydrogens is 325 g/mol. The van der Waals surface area contributed by atoms with Gasteiger partial charge in [-0.2, -0.15) is 0 Å². The molecule has 2 amide bonds. The molecule has 0 fully saturated rings. The van der Waals surface area contributed by atoms with Crippen molar-refractivity contribution in [2.45, 2.75) is 26.3 Å². The van der Waals surface area contributed by atoms with E-state index in [0.717, 1.165) is 6.42 Å². The van der Waals surface area contributed by atoms with E-state index in [4.69, 9.17) is 23.2 Å². The Morgan fingerprint density at radius 2 is 1.82 bits per heavy atom. The fourth-order valence-electron chi connectivity index (χ4n) is 1.74. The predicted molar refractivity (Wildman–Crippen MR) is 90.5 cm³/mol. The normalized spacial score (nSPS) is 12.1. The Kier molecular flexibility index (Phi) is 7.65. The maximum absolute atomic E-state index is 11.9. The van der Waals surface area contributed by atoms with E-state index >= 15 is 0 Å². The molecular formula is C15H21Cl2N3O2. The monoisotopic (exact) mass is 345 g/mol. The fourth-order valence-corrected chi connectivity index (χ4v) is 2.04. The maximum Gasteiger partial charge on any atom is 0.238 e. The minimum absolute atomic E-state index is 0.0980. The second-order valence-corrected chi connectivity index (χ2v) is 6.04. The van der Waals surface area contributed by atoms with Gasteiger partial charge in [0.05, 0.1) is 23.1 Å². The molecule has 0 bridgehead atoms. The molecule has 22 heavy (non-hydrogen) atoms. The number of carbonyl (C=O) groups excluding carboxylic acids is 2. The quantitative estimate of drug-likeness (QED) is 0.798. The van der Waals surface area contributed by atoms with E-state index in [9.17, 15) is 9.59 Å². The predicted octanol–water partition coefficient (Wildman–Crippen LogP) is 2.78. The smallest absolute Gasteiger partial charge is 0.238 e. The summed E-state index contributed by atoms with van der Waals surface area (Å²) in [4.78, 5) is 25.3. The second kappa shape index (κ2) is 8.98. The number of carbonyl (C=O) groups is 2. The molecule has 0 aromatic heterocycles. The summed E-state index contributed by atoms with van der Waals surface area (Å²) < 4.78 is 0. The molecule has 2 N–H and O–H groups in total. The summed E-state index contributed by atoms with van der Waals surface area (Å²) in [6, 6.07) is 4.99. The Labute approximate surface area is 141 Å². The van der Waals surface area contributed by atoms with Crippen LogP contribution in [0.25, 0.3) is 0 Å². The van der Waals surface area contributed by atoms with Gasteiger partial charge in [-0.3, -0.25) is 14.5 Å². The van der Waals surface area contributed by atoms with Crippen LogP contribution in [0.2, 0.25) is 10.0 Å². The molecule has 0 aliphatic rings. The molecule has 0 radical (unpaired) electrons. The third kappa shape index (κ3) is 6.64. The number of nitrogens with one attached hydrogen (secondary N) is 2. The van der Waals surface area contributed by atoms with Crippen molar-refractivity contribution < 1.29 is 9.59 Å². The van der Waals surface area contributed by atoms with Crippen molar-refractivity contribution in [3.8, 4) is 0 Å². The van der Waals surface area contributed by atoms with Gasteiger partial charge >= 0.3 is 0 Å². The zero-order valence-corrected chi connectivity index (χ0v) is 14.5. The average Bonchev–Trinajstić information content (AvgIpc) is 2.42. The van der Waals surface area contributed by atoms with E-state index in [-0.39, 0.29) is 30.9 Å². The lowest BCUT2D eigenvalue weighted by molar-refractivity contribution is -0.123. The van der Waals surface area contributed by atoms with Crippen LogP contribution in [0.15, 0.2) is 18.2 Å². The van der Waals surface area contributed by atoms with Gasteiger partial charge in [-0.1, -0.05) is 30.1 Å². The number of likely N-dealkylation sites (N-methyl/N-ethyl adjacent to an activating group) is 1. The maximum atomic E-state index is 11.9. The van der Waals surface area contributed by atoms with E-state index < -0.39 is 0 Å². The van der Waals surface area contributed by atoms with E-state index in [1.54, 1.807) is 30.1 Å². The first kappa shape index (κ1) is 18.7. The van der Waals surface area contributed by atoms with Crippen molar-refractivity contribution in [1.82, 2.24) is 10.2 Å². The fraction of sp³-hybridized carbons (Fsp3) is 0.467. The van der Waals surface area contributed by atoms with Gasteiger partial charge in [0.25, 0.3) is 0 Å². The van der Waals surface area contributed by atoms with Crippen LogP contribution in [0, 0.1) is 0 Å². The molecule has 0 heterocycles. The molecule has 1 unspecified atom stereocenters. The molecule has 0 saturated heterocycles. The highest BCUT2D eigenvalue weighted by atomic mass is 35.5. The molecule has 5 nitrogen and oxygen atoms in total. The van der Waals surface area contributed by atoms with Gasteiger partial charge in [-0.05, 0) is 38.6 Å². The summed E-state index contributed by atoms with van der Waals surface area (Å²) in [6.45, 7) is 4.21. The first-order valence-electron chi connectivity index (χ1n) is 7.04. The Morgan fingerprint density at radius 3 is 2.41 bits per heavy atom.